The van der Waals surface area contributed by atoms with Gasteiger partial charge in [0, 0.05) is 25.7 Å². The van der Waals surface area contributed by atoms with Crippen LogP contribution in [0.4, 0.5) is 5.69 Å². The van der Waals surface area contributed by atoms with Crippen molar-refractivity contribution in [1.29, 1.82) is 5.26 Å². The summed E-state index contributed by atoms with van der Waals surface area (Å²) in [6.07, 6.45) is 2.10. The minimum Gasteiger partial charge on any atom is -0.461 e. The summed E-state index contributed by atoms with van der Waals surface area (Å²) in [5, 5.41) is 9.10. The molecule has 0 spiro atoms. The third-order valence-electron chi connectivity index (χ3n) is 3.43. The number of nitriles is 1. The molecule has 0 bridgehead atoms. The van der Waals surface area contributed by atoms with Crippen LogP contribution in [0, 0.1) is 17.2 Å². The Morgan fingerprint density at radius 2 is 2.05 bits per heavy atom. The standard InChI is InChI=1S/C16H16Cl2N2O2/c1-20(2)14-5-3-11(4-6-14)7-12(9-19)15(21)22-10-13-8-16(13,17)18/h3-7,13H,8,10H2,1-2H3/b12-7-/t13-/m1/s1. The molecule has 22 heavy (non-hydrogen) atoms. The van der Waals surface area contributed by atoms with Crippen molar-refractivity contribution < 1.29 is 9.53 Å². The predicted molar refractivity (Wildman–Crippen MR) is 87.9 cm³/mol. The van der Waals surface area contributed by atoms with Gasteiger partial charge in [0.05, 0.1) is 6.61 Å². The van der Waals surface area contributed by atoms with Crippen LogP contribution < -0.4 is 4.90 Å². The molecule has 1 aromatic carbocycles. The Hall–Kier alpha value is -1.70. The van der Waals surface area contributed by atoms with Crippen LogP contribution in [0.25, 0.3) is 6.08 Å². The molecule has 1 aliphatic rings. The van der Waals surface area contributed by atoms with Crippen LogP contribution in [0.5, 0.6) is 0 Å². The fraction of sp³-hybridized carbons (Fsp3) is 0.375. The smallest absolute Gasteiger partial charge is 0.348 e. The highest BCUT2D eigenvalue weighted by Gasteiger charge is 2.52. The number of halogens is 2. The van der Waals surface area contributed by atoms with Crippen molar-refractivity contribution in [3.8, 4) is 6.07 Å². The van der Waals surface area contributed by atoms with E-state index in [1.54, 1.807) is 0 Å². The van der Waals surface area contributed by atoms with Crippen molar-refractivity contribution in [2.45, 2.75) is 10.8 Å². The van der Waals surface area contributed by atoms with E-state index in [-0.39, 0.29) is 18.1 Å². The van der Waals surface area contributed by atoms with E-state index in [1.807, 2.05) is 49.3 Å². The molecule has 0 heterocycles. The first-order valence-corrected chi connectivity index (χ1v) is 7.53. The molecule has 4 nitrogen and oxygen atoms in total. The van der Waals surface area contributed by atoms with Crippen LogP contribution in [-0.4, -0.2) is 31.0 Å². The van der Waals surface area contributed by atoms with Gasteiger partial charge in [-0.1, -0.05) is 12.1 Å². The zero-order chi connectivity index (χ0) is 16.3. The fourth-order valence-corrected chi connectivity index (χ4v) is 2.38. The summed E-state index contributed by atoms with van der Waals surface area (Å²) in [6, 6.07) is 9.35. The lowest BCUT2D eigenvalue weighted by atomic mass is 10.1. The number of ether oxygens (including phenoxy) is 1. The van der Waals surface area contributed by atoms with Crippen LogP contribution in [0.1, 0.15) is 12.0 Å². The Morgan fingerprint density at radius 3 is 2.50 bits per heavy atom. The maximum atomic E-state index is 11.9. The van der Waals surface area contributed by atoms with Gasteiger partial charge in [0.25, 0.3) is 0 Å². The number of esters is 1. The lowest BCUT2D eigenvalue weighted by Gasteiger charge is -2.11. The van der Waals surface area contributed by atoms with Crippen molar-refractivity contribution in [2.24, 2.45) is 5.92 Å². The number of benzene rings is 1. The van der Waals surface area contributed by atoms with E-state index in [9.17, 15) is 4.79 Å². The van der Waals surface area contributed by atoms with Gasteiger partial charge in [-0.3, -0.25) is 0 Å². The van der Waals surface area contributed by atoms with Crippen molar-refractivity contribution in [3.63, 3.8) is 0 Å². The van der Waals surface area contributed by atoms with Crippen LogP contribution in [0.2, 0.25) is 0 Å². The number of alkyl halides is 2. The zero-order valence-corrected chi connectivity index (χ0v) is 13.9. The highest BCUT2D eigenvalue weighted by molar-refractivity contribution is 6.50. The highest BCUT2D eigenvalue weighted by Crippen LogP contribution is 2.53. The molecule has 2 rings (SSSR count). The molecule has 0 radical (unpaired) electrons. The molecule has 0 aliphatic heterocycles. The van der Waals surface area contributed by atoms with Gasteiger partial charge in [-0.2, -0.15) is 5.26 Å². The third kappa shape index (κ3) is 4.16. The first-order chi connectivity index (χ1) is 10.3. The summed E-state index contributed by atoms with van der Waals surface area (Å²) in [7, 11) is 3.88. The summed E-state index contributed by atoms with van der Waals surface area (Å²) >= 11 is 11.7. The second-order valence-electron chi connectivity index (χ2n) is 5.42. The molecule has 1 saturated carbocycles. The van der Waals surface area contributed by atoms with Gasteiger partial charge in [-0.15, -0.1) is 23.2 Å². The molecule has 1 aliphatic carbocycles. The van der Waals surface area contributed by atoms with Crippen LogP contribution in [-0.2, 0) is 9.53 Å². The van der Waals surface area contributed by atoms with Gasteiger partial charge < -0.3 is 9.64 Å². The maximum Gasteiger partial charge on any atom is 0.348 e. The molecule has 1 atom stereocenters. The third-order valence-corrected chi connectivity index (χ3v) is 4.36. The predicted octanol–water partition coefficient (Wildman–Crippen LogP) is 3.40. The van der Waals surface area contributed by atoms with Crippen LogP contribution in [0.15, 0.2) is 29.8 Å². The van der Waals surface area contributed by atoms with Crippen molar-refractivity contribution >= 4 is 40.9 Å². The number of rotatable bonds is 5. The minimum atomic E-state index is -0.793. The minimum absolute atomic E-state index is 0.0482. The van der Waals surface area contributed by atoms with Crippen molar-refractivity contribution in [2.75, 3.05) is 25.6 Å². The molecule has 0 unspecified atom stereocenters. The van der Waals surface area contributed by atoms with Crippen LogP contribution >= 0.6 is 23.2 Å². The SMILES string of the molecule is CN(C)c1ccc(/C=C(/C#N)C(=O)OC[C@H]2CC2(Cl)Cl)cc1. The van der Waals surface area contributed by atoms with E-state index in [0.29, 0.717) is 6.42 Å². The van der Waals surface area contributed by atoms with Crippen molar-refractivity contribution in [1.82, 2.24) is 0 Å². The molecular weight excluding hydrogens is 323 g/mol. The summed E-state index contributed by atoms with van der Waals surface area (Å²) < 4.78 is 4.29. The molecule has 0 N–H and O–H groups in total. The van der Waals surface area contributed by atoms with Gasteiger partial charge in [-0.25, -0.2) is 4.79 Å². The first-order valence-electron chi connectivity index (χ1n) is 6.77. The largest absolute Gasteiger partial charge is 0.461 e. The quantitative estimate of drug-likeness (QED) is 0.357. The zero-order valence-electron chi connectivity index (χ0n) is 12.3. The Morgan fingerprint density at radius 1 is 1.45 bits per heavy atom. The first kappa shape index (κ1) is 16.7. The van der Waals surface area contributed by atoms with Crippen LogP contribution in [0.3, 0.4) is 0 Å². The average Bonchev–Trinajstić information content (AvgIpc) is 3.10. The average molecular weight is 339 g/mol. The van der Waals surface area contributed by atoms with E-state index in [4.69, 9.17) is 33.2 Å². The molecule has 0 saturated heterocycles. The van der Waals surface area contributed by atoms with E-state index >= 15 is 0 Å². The topological polar surface area (TPSA) is 53.3 Å². The number of carbonyl (C=O) groups excluding carboxylic acids is 1. The molecule has 6 heteroatoms. The molecule has 0 amide bonds. The molecular formula is C16H16Cl2N2O2. The summed E-state index contributed by atoms with van der Waals surface area (Å²) in [4.78, 5) is 13.9. The lowest BCUT2D eigenvalue weighted by molar-refractivity contribution is -0.138. The highest BCUT2D eigenvalue weighted by atomic mass is 35.5. The molecule has 0 aromatic heterocycles. The van der Waals surface area contributed by atoms with E-state index < -0.39 is 10.3 Å². The second kappa shape index (κ2) is 6.60. The van der Waals surface area contributed by atoms with Gasteiger partial charge in [0.2, 0.25) is 0 Å². The summed E-state index contributed by atoms with van der Waals surface area (Å²) in [5.41, 5.74) is 1.75. The monoisotopic (exact) mass is 338 g/mol. The Labute approximate surface area is 139 Å². The maximum absolute atomic E-state index is 11.9. The van der Waals surface area contributed by atoms with E-state index in [0.717, 1.165) is 11.3 Å². The molecule has 116 valence electrons. The number of hydrogen-bond donors (Lipinski definition) is 0. The van der Waals surface area contributed by atoms with Gasteiger partial charge in [0.1, 0.15) is 16.0 Å². The van der Waals surface area contributed by atoms with E-state index in [2.05, 4.69) is 0 Å². The Kier molecular flexibility index (Phi) is 5.00. The van der Waals surface area contributed by atoms with Crippen molar-refractivity contribution in [3.05, 3.63) is 35.4 Å². The number of hydrogen-bond acceptors (Lipinski definition) is 4. The Balaban J connectivity index is 2.00. The molecule has 1 fully saturated rings. The van der Waals surface area contributed by atoms with E-state index in [1.165, 1.54) is 6.08 Å². The fourth-order valence-electron chi connectivity index (χ4n) is 1.88. The number of carbonyl (C=O) groups is 1. The normalized spacial score (nSPS) is 19.2. The molecule has 1 aromatic rings. The summed E-state index contributed by atoms with van der Waals surface area (Å²) in [6.45, 7) is 0.129. The van der Waals surface area contributed by atoms with Gasteiger partial charge in [-0.05, 0) is 30.2 Å². The van der Waals surface area contributed by atoms with Gasteiger partial charge >= 0.3 is 5.97 Å². The lowest BCUT2D eigenvalue weighted by Crippen LogP contribution is -2.11. The number of anilines is 1. The Bertz CT molecular complexity index is 631. The van der Waals surface area contributed by atoms with Gasteiger partial charge in [0.15, 0.2) is 0 Å². The summed E-state index contributed by atoms with van der Waals surface area (Å²) in [5.74, 6) is -0.714. The number of nitrogens with zero attached hydrogens (tertiary/aromatic N) is 2. The second-order valence-corrected chi connectivity index (χ2v) is 6.96.